The molecule has 4 heterocycles. The summed E-state index contributed by atoms with van der Waals surface area (Å²) in [6.45, 7) is 0.308. The summed E-state index contributed by atoms with van der Waals surface area (Å²) >= 11 is 0. The zero-order chi connectivity index (χ0) is 26.2. The zero-order valence-corrected chi connectivity index (χ0v) is 20.2. The largest absolute Gasteiger partial charge is 0.493 e. The van der Waals surface area contributed by atoms with Gasteiger partial charge in [-0.15, -0.1) is 0 Å². The van der Waals surface area contributed by atoms with E-state index in [1.165, 1.54) is 18.5 Å². The highest BCUT2D eigenvalue weighted by atomic mass is 32.2. The molecule has 2 aromatic heterocycles. The minimum atomic E-state index is -4.34. The van der Waals surface area contributed by atoms with Crippen molar-refractivity contribution >= 4 is 15.8 Å². The number of ether oxygens (including phenoxy) is 1. The number of hydrogen-bond acceptors (Lipinski definition) is 7. The van der Waals surface area contributed by atoms with Gasteiger partial charge in [0.25, 0.3) is 10.0 Å². The van der Waals surface area contributed by atoms with E-state index in [2.05, 4.69) is 19.7 Å². The van der Waals surface area contributed by atoms with Crippen molar-refractivity contribution in [1.29, 1.82) is 0 Å². The highest BCUT2D eigenvalue weighted by Crippen LogP contribution is 2.48. The third-order valence-corrected chi connectivity index (χ3v) is 8.09. The van der Waals surface area contributed by atoms with Crippen molar-refractivity contribution in [1.82, 2.24) is 19.9 Å². The second-order valence-corrected chi connectivity index (χ2v) is 10.6. The summed E-state index contributed by atoms with van der Waals surface area (Å²) in [5, 5.41) is 0. The molecule has 0 radical (unpaired) electrons. The fourth-order valence-corrected chi connectivity index (χ4v) is 6.07. The van der Waals surface area contributed by atoms with Crippen molar-refractivity contribution in [3.63, 3.8) is 0 Å². The number of aromatic nitrogens is 3. The number of pyridine rings is 1. The van der Waals surface area contributed by atoms with Crippen LogP contribution in [0, 0.1) is 11.7 Å². The molecule has 1 saturated heterocycles. The normalized spacial score (nSPS) is 22.6. The molecule has 2 aliphatic heterocycles. The van der Waals surface area contributed by atoms with Crippen molar-refractivity contribution in [2.24, 2.45) is 5.92 Å². The number of hydrogen-bond donors (Lipinski definition) is 1. The molecule has 0 spiro atoms. The Balaban J connectivity index is 1.49. The van der Waals surface area contributed by atoms with E-state index in [0.717, 1.165) is 18.5 Å². The van der Waals surface area contributed by atoms with Gasteiger partial charge in [-0.2, -0.15) is 13.2 Å². The minimum Gasteiger partial charge on any atom is -0.493 e. The Morgan fingerprint density at radius 2 is 1.89 bits per heavy atom. The van der Waals surface area contributed by atoms with Crippen molar-refractivity contribution in [2.75, 3.05) is 17.9 Å². The predicted molar refractivity (Wildman–Crippen MR) is 125 cm³/mol. The first-order chi connectivity index (χ1) is 17.6. The first-order valence-electron chi connectivity index (χ1n) is 11.6. The topological polar surface area (TPSA) is 97.3 Å². The molecule has 1 N–H and O–H groups in total. The minimum absolute atomic E-state index is 0.0309. The third-order valence-electron chi connectivity index (χ3n) is 6.72. The Morgan fingerprint density at radius 1 is 1.05 bits per heavy atom. The van der Waals surface area contributed by atoms with Gasteiger partial charge in [-0.25, -0.2) is 22.8 Å². The third kappa shape index (κ3) is 5.23. The number of fused-ring (bicyclic) bond motifs is 1. The van der Waals surface area contributed by atoms with Gasteiger partial charge in [0, 0.05) is 43.0 Å². The van der Waals surface area contributed by atoms with E-state index in [0.29, 0.717) is 17.7 Å². The Morgan fingerprint density at radius 3 is 2.59 bits per heavy atom. The Labute approximate surface area is 210 Å². The van der Waals surface area contributed by atoms with E-state index in [1.54, 1.807) is 18.2 Å². The van der Waals surface area contributed by atoms with E-state index >= 15 is 4.39 Å². The number of piperidine rings is 1. The van der Waals surface area contributed by atoms with Crippen LogP contribution in [0.25, 0.3) is 0 Å². The molecule has 196 valence electrons. The van der Waals surface area contributed by atoms with Gasteiger partial charge in [0.2, 0.25) is 0 Å². The molecule has 8 nitrogen and oxygen atoms in total. The first kappa shape index (κ1) is 25.3. The second kappa shape index (κ2) is 9.86. The summed E-state index contributed by atoms with van der Waals surface area (Å²) in [5.74, 6) is -2.35. The number of nitrogens with zero attached hydrogens (tertiary/aromatic N) is 4. The summed E-state index contributed by atoms with van der Waals surface area (Å²) in [7, 11) is -4.34. The molecule has 0 bridgehead atoms. The van der Waals surface area contributed by atoms with Gasteiger partial charge < -0.3 is 4.74 Å². The van der Waals surface area contributed by atoms with Crippen LogP contribution in [-0.2, 0) is 10.0 Å². The first-order valence-corrected chi connectivity index (χ1v) is 13.1. The van der Waals surface area contributed by atoms with Crippen LogP contribution < -0.4 is 9.46 Å². The number of sulfonamides is 1. The molecule has 3 aromatic rings. The fourth-order valence-electron chi connectivity index (χ4n) is 4.98. The maximum Gasteiger partial charge on any atom is 0.391 e. The number of anilines is 1. The molecular weight excluding hydrogens is 514 g/mol. The number of likely N-dealkylation sites (tertiary alicyclic amines) is 1. The van der Waals surface area contributed by atoms with Gasteiger partial charge in [0.1, 0.15) is 28.6 Å². The quantitative estimate of drug-likeness (QED) is 0.473. The van der Waals surface area contributed by atoms with Crippen LogP contribution in [0.2, 0.25) is 0 Å². The maximum atomic E-state index is 15.3. The molecule has 0 amide bonds. The van der Waals surface area contributed by atoms with Gasteiger partial charge in [-0.05, 0) is 37.1 Å². The Bertz CT molecular complexity index is 1360. The average molecular weight is 538 g/mol. The predicted octanol–water partition coefficient (Wildman–Crippen LogP) is 4.65. The van der Waals surface area contributed by atoms with Gasteiger partial charge in [-0.3, -0.25) is 14.6 Å². The van der Waals surface area contributed by atoms with Crippen molar-refractivity contribution < 1.29 is 30.7 Å². The van der Waals surface area contributed by atoms with Crippen molar-refractivity contribution in [3.05, 3.63) is 72.2 Å². The summed E-state index contributed by atoms with van der Waals surface area (Å²) < 4.78 is 89.8. The second-order valence-electron chi connectivity index (χ2n) is 8.94. The molecule has 37 heavy (non-hydrogen) atoms. The van der Waals surface area contributed by atoms with Gasteiger partial charge in [-0.1, -0.05) is 6.07 Å². The fraction of sp³-hybridized carbons (Fsp3) is 0.375. The molecule has 0 unspecified atom stereocenters. The van der Waals surface area contributed by atoms with E-state index in [1.807, 2.05) is 4.90 Å². The number of rotatable bonds is 5. The standard InChI is InChI=1S/C24H23F4N5O3S/c25-17-12-16-19(33-9-5-15(24(26,27)28)11-20(33)18-3-1-2-7-30-18)6-10-36-21(16)13-22(17)37(34,35)32-23-4-8-29-14-31-23/h1-4,7-8,12-15,19-20H,5-6,9-11H2,(H,29,31,32)/t15-,19-,20+/m0/s1. The lowest BCUT2D eigenvalue weighted by Crippen LogP contribution is -2.44. The highest BCUT2D eigenvalue weighted by Gasteiger charge is 2.47. The molecule has 3 atom stereocenters. The van der Waals surface area contributed by atoms with Crippen LogP contribution in [-0.4, -0.2) is 47.6 Å². The van der Waals surface area contributed by atoms with Crippen LogP contribution in [0.1, 0.15) is 42.6 Å². The number of nitrogens with one attached hydrogen (secondary N) is 1. The van der Waals surface area contributed by atoms with E-state index in [-0.39, 0.29) is 37.6 Å². The summed E-state index contributed by atoms with van der Waals surface area (Å²) in [6, 6.07) is 7.49. The van der Waals surface area contributed by atoms with Crippen LogP contribution >= 0.6 is 0 Å². The van der Waals surface area contributed by atoms with Gasteiger partial charge in [0.15, 0.2) is 0 Å². The lowest BCUT2D eigenvalue weighted by atomic mass is 9.85. The lowest BCUT2D eigenvalue weighted by Gasteiger charge is -2.45. The van der Waals surface area contributed by atoms with Crippen molar-refractivity contribution in [2.45, 2.75) is 42.4 Å². The van der Waals surface area contributed by atoms with Crippen LogP contribution in [0.3, 0.4) is 0 Å². The van der Waals surface area contributed by atoms with E-state index < -0.39 is 44.9 Å². The maximum absolute atomic E-state index is 15.3. The monoisotopic (exact) mass is 537 g/mol. The summed E-state index contributed by atoms with van der Waals surface area (Å²) in [5.41, 5.74) is 0.884. The SMILES string of the molecule is O=S(=O)(Nc1ccncn1)c1cc2c(cc1F)[C@@H](N1CC[C@H](C(F)(F)F)C[C@@H]1c1ccccn1)CCO2. The molecule has 0 aliphatic carbocycles. The molecular formula is C24H23F4N5O3S. The summed E-state index contributed by atoms with van der Waals surface area (Å²) in [4.78, 5) is 13.1. The number of benzene rings is 1. The molecule has 0 saturated carbocycles. The molecule has 2 aliphatic rings. The van der Waals surface area contributed by atoms with E-state index in [9.17, 15) is 21.6 Å². The molecule has 13 heteroatoms. The molecule has 1 aromatic carbocycles. The Kier molecular flexibility index (Phi) is 6.75. The highest BCUT2D eigenvalue weighted by molar-refractivity contribution is 7.92. The lowest BCUT2D eigenvalue weighted by molar-refractivity contribution is -0.192. The van der Waals surface area contributed by atoms with Crippen LogP contribution in [0.4, 0.5) is 23.4 Å². The molecule has 5 rings (SSSR count). The van der Waals surface area contributed by atoms with Crippen LogP contribution in [0.15, 0.2) is 60.0 Å². The smallest absolute Gasteiger partial charge is 0.391 e. The Hall–Kier alpha value is -3.32. The molecule has 1 fully saturated rings. The van der Waals surface area contributed by atoms with Gasteiger partial charge in [0.05, 0.1) is 24.3 Å². The van der Waals surface area contributed by atoms with Gasteiger partial charge >= 0.3 is 6.18 Å². The number of alkyl halides is 3. The van der Waals surface area contributed by atoms with Crippen LogP contribution in [0.5, 0.6) is 5.75 Å². The van der Waals surface area contributed by atoms with Crippen molar-refractivity contribution in [3.8, 4) is 5.75 Å². The van der Waals surface area contributed by atoms with E-state index in [4.69, 9.17) is 4.74 Å². The number of halogens is 4. The zero-order valence-electron chi connectivity index (χ0n) is 19.4. The average Bonchev–Trinajstić information content (AvgIpc) is 2.88. The summed E-state index contributed by atoms with van der Waals surface area (Å²) in [6.07, 6.45) is -0.195.